The van der Waals surface area contributed by atoms with E-state index in [9.17, 15) is 34.4 Å². The van der Waals surface area contributed by atoms with Crippen LogP contribution in [0.25, 0.3) is 0 Å². The van der Waals surface area contributed by atoms with Gasteiger partial charge >= 0.3 is 0 Å². The minimum Gasteiger partial charge on any atom is -0.432 e. The lowest BCUT2D eigenvalue weighted by molar-refractivity contribution is -0.385. The zero-order chi connectivity index (χ0) is 36.5. The molecule has 5 atom stereocenters. The highest BCUT2D eigenvalue weighted by Gasteiger charge is 2.66. The molecule has 4 N–H and O–H groups in total. The van der Waals surface area contributed by atoms with Crippen molar-refractivity contribution in [1.29, 1.82) is 0 Å². The van der Waals surface area contributed by atoms with E-state index in [1.807, 2.05) is 43.3 Å². The Balaban J connectivity index is 1.33. The van der Waals surface area contributed by atoms with Gasteiger partial charge in [0.2, 0.25) is 11.8 Å². The number of aliphatic hydroxyl groups is 1. The van der Waals surface area contributed by atoms with Crippen molar-refractivity contribution in [2.75, 3.05) is 29.9 Å². The number of carbonyl (C=O) groups excluding carboxylic acids is 3. The van der Waals surface area contributed by atoms with Gasteiger partial charge in [0.05, 0.1) is 42.3 Å². The van der Waals surface area contributed by atoms with Crippen LogP contribution < -0.4 is 15.5 Å². The van der Waals surface area contributed by atoms with Crippen molar-refractivity contribution in [2.45, 2.75) is 75.7 Å². The first-order valence-electron chi connectivity index (χ1n) is 17.4. The van der Waals surface area contributed by atoms with Crippen LogP contribution in [-0.4, -0.2) is 77.6 Å². The van der Waals surface area contributed by atoms with Gasteiger partial charge in [0, 0.05) is 47.9 Å². The average molecular weight is 716 g/mol. The molecular formula is C37H45N5O8Si. The highest BCUT2D eigenvalue weighted by Crippen LogP contribution is 2.60. The third-order valence-corrected chi connectivity index (χ3v) is 12.9. The van der Waals surface area contributed by atoms with Gasteiger partial charge in [-0.2, -0.15) is 0 Å². The molecule has 0 unspecified atom stereocenters. The van der Waals surface area contributed by atoms with Gasteiger partial charge in [-0.15, -0.1) is 0 Å². The van der Waals surface area contributed by atoms with Gasteiger partial charge in [0.1, 0.15) is 0 Å². The molecular weight excluding hydrogens is 671 g/mol. The third kappa shape index (κ3) is 7.19. The number of nitrogens with one attached hydrogen (secondary N) is 2. The van der Waals surface area contributed by atoms with E-state index in [0.717, 1.165) is 24.9 Å². The molecule has 14 heteroatoms. The predicted octanol–water partition coefficient (Wildman–Crippen LogP) is 4.04. The molecule has 3 amide bonds. The zero-order valence-corrected chi connectivity index (χ0v) is 30.1. The Morgan fingerprint density at radius 3 is 2.53 bits per heavy atom. The van der Waals surface area contributed by atoms with E-state index >= 15 is 0 Å². The number of amides is 3. The summed E-state index contributed by atoms with van der Waals surface area (Å²) in [5, 5.41) is 27.9. The Morgan fingerprint density at radius 2 is 1.86 bits per heavy atom. The van der Waals surface area contributed by atoms with E-state index in [1.165, 1.54) is 21.9 Å². The van der Waals surface area contributed by atoms with E-state index in [2.05, 4.69) is 10.6 Å². The van der Waals surface area contributed by atoms with E-state index in [1.54, 1.807) is 37.4 Å². The first kappa shape index (κ1) is 36.3. The molecule has 3 aromatic rings. The van der Waals surface area contributed by atoms with Gasteiger partial charge in [-0.05, 0) is 61.8 Å². The van der Waals surface area contributed by atoms with Crippen molar-refractivity contribution < 1.29 is 33.9 Å². The minimum absolute atomic E-state index is 0.0857. The molecule has 0 aromatic heterocycles. The van der Waals surface area contributed by atoms with Gasteiger partial charge in [0.25, 0.3) is 11.6 Å². The molecule has 3 heterocycles. The minimum atomic E-state index is -3.15. The first-order valence-corrected chi connectivity index (χ1v) is 20.4. The number of aliphatic hydroxyl groups excluding tert-OH is 1. The topological polar surface area (TPSA) is 175 Å². The maximum absolute atomic E-state index is 14.9. The van der Waals surface area contributed by atoms with E-state index in [4.69, 9.17) is 4.74 Å². The van der Waals surface area contributed by atoms with Crippen molar-refractivity contribution >= 4 is 43.1 Å². The second kappa shape index (κ2) is 14.6. The number of hydrogen-bond acceptors (Lipinski definition) is 9. The van der Waals surface area contributed by atoms with Crippen molar-refractivity contribution in [3.8, 4) is 0 Å². The van der Waals surface area contributed by atoms with E-state index < -0.39 is 42.3 Å². The Labute approximate surface area is 297 Å². The highest BCUT2D eigenvalue weighted by molar-refractivity contribution is 6.71. The lowest BCUT2D eigenvalue weighted by Crippen LogP contribution is -2.46. The summed E-state index contributed by atoms with van der Waals surface area (Å²) < 4.78 is 6.77. The molecule has 6 rings (SSSR count). The molecule has 0 radical (unpaired) electrons. The average Bonchev–Trinajstić information content (AvgIpc) is 3.79. The number of fused-ring (bicyclic) bond motifs is 2. The van der Waals surface area contributed by atoms with Crippen LogP contribution in [0.4, 0.5) is 17.1 Å². The van der Waals surface area contributed by atoms with Crippen LogP contribution in [0.2, 0.25) is 18.6 Å². The van der Waals surface area contributed by atoms with Gasteiger partial charge in [-0.25, -0.2) is 0 Å². The SMILES string of the molecule is C[C@@H]1[C@@H]([Si](C)(C)O)[C@H](CC(=O)N(CCO)Cc2ccccc2)O[C@@]12C(=O)N(Cc1cccc(NC(=O)[C@H]3CCCN3)c1)c1ccc([N+](=O)[O-])cc12. The van der Waals surface area contributed by atoms with Gasteiger partial charge in [-0.3, -0.25) is 24.5 Å². The van der Waals surface area contributed by atoms with E-state index in [0.29, 0.717) is 22.5 Å². The van der Waals surface area contributed by atoms with Crippen LogP contribution in [0.3, 0.4) is 0 Å². The molecule has 2 fully saturated rings. The summed E-state index contributed by atoms with van der Waals surface area (Å²) in [5.41, 5.74) is 0.434. The van der Waals surface area contributed by atoms with Gasteiger partial charge < -0.3 is 35.1 Å². The maximum atomic E-state index is 14.9. The fourth-order valence-corrected chi connectivity index (χ4v) is 10.7. The van der Waals surface area contributed by atoms with E-state index in [-0.39, 0.29) is 56.2 Å². The molecule has 3 aromatic carbocycles. The zero-order valence-electron chi connectivity index (χ0n) is 29.1. The molecule has 2 saturated heterocycles. The molecule has 13 nitrogen and oxygen atoms in total. The summed E-state index contributed by atoms with van der Waals surface area (Å²) in [6.07, 6.45) is 0.644. The van der Waals surface area contributed by atoms with Gasteiger partial charge in [0.15, 0.2) is 13.9 Å². The van der Waals surface area contributed by atoms with Crippen LogP contribution in [0.5, 0.6) is 0 Å². The second-order valence-electron chi connectivity index (χ2n) is 14.3. The number of carbonyl (C=O) groups is 3. The number of nitro groups is 1. The maximum Gasteiger partial charge on any atom is 0.269 e. The van der Waals surface area contributed by atoms with Crippen molar-refractivity contribution in [3.05, 3.63) is 99.6 Å². The number of nitrogens with zero attached hydrogens (tertiary/aromatic N) is 3. The van der Waals surface area contributed by atoms with Crippen molar-refractivity contribution in [1.82, 2.24) is 10.2 Å². The molecule has 3 aliphatic heterocycles. The van der Waals surface area contributed by atoms with Gasteiger partial charge in [-0.1, -0.05) is 49.4 Å². The number of nitro benzene ring substituents is 1. The number of non-ortho nitro benzene ring substituents is 1. The lowest BCUT2D eigenvalue weighted by atomic mass is 9.82. The Kier molecular flexibility index (Phi) is 10.4. The summed E-state index contributed by atoms with van der Waals surface area (Å²) in [4.78, 5) is 67.8. The van der Waals surface area contributed by atoms with Crippen LogP contribution in [0.15, 0.2) is 72.8 Å². The number of ether oxygens (including phenoxy) is 1. The first-order chi connectivity index (χ1) is 24.3. The molecule has 0 aliphatic carbocycles. The monoisotopic (exact) mass is 715 g/mol. The predicted molar refractivity (Wildman–Crippen MR) is 193 cm³/mol. The number of benzene rings is 3. The molecule has 1 spiro atoms. The standard InChI is InChI=1S/C37H45N5O8Si/c1-24-34(51(2,3)49)32(21-33(44)40(17-18-43)22-25-9-5-4-6-10-25)50-37(24)29-20-28(42(47)48)14-15-31(29)41(36(37)46)23-26-11-7-12-27(19-26)39-35(45)30-13-8-16-38-30/h4-7,9-12,14-15,19-20,24,30,32,34,38,43,49H,8,13,16-18,21-23H2,1-3H3,(H,39,45)/t24-,30-,32+,34-,37+/m1/s1. The smallest absolute Gasteiger partial charge is 0.269 e. The Hall–Kier alpha value is -4.47. The van der Waals surface area contributed by atoms with Crippen molar-refractivity contribution in [2.24, 2.45) is 5.92 Å². The summed E-state index contributed by atoms with van der Waals surface area (Å²) in [7, 11) is -3.15. The largest absolute Gasteiger partial charge is 0.432 e. The third-order valence-electron chi connectivity index (χ3n) is 10.4. The van der Waals surface area contributed by atoms with Crippen LogP contribution in [-0.2, 0) is 37.8 Å². The Bertz CT molecular complexity index is 1800. The molecule has 0 saturated carbocycles. The molecule has 51 heavy (non-hydrogen) atoms. The quantitative estimate of drug-likeness (QED) is 0.123. The summed E-state index contributed by atoms with van der Waals surface area (Å²) >= 11 is 0. The molecule has 3 aliphatic rings. The van der Waals surface area contributed by atoms with Crippen molar-refractivity contribution in [3.63, 3.8) is 0 Å². The summed E-state index contributed by atoms with van der Waals surface area (Å²) in [5.74, 6) is -1.52. The van der Waals surface area contributed by atoms with Crippen LogP contribution >= 0.6 is 0 Å². The van der Waals surface area contributed by atoms with Crippen LogP contribution in [0, 0.1) is 16.0 Å². The Morgan fingerprint density at radius 1 is 1.12 bits per heavy atom. The highest BCUT2D eigenvalue weighted by atomic mass is 28.4. The summed E-state index contributed by atoms with van der Waals surface area (Å²) in [6.45, 7) is 6.28. The fraction of sp³-hybridized carbons (Fsp3) is 0.432. The number of anilines is 2. The molecule has 270 valence electrons. The lowest BCUT2D eigenvalue weighted by Gasteiger charge is -2.32. The van der Waals surface area contributed by atoms with Crippen LogP contribution in [0.1, 0.15) is 42.9 Å². The molecule has 0 bridgehead atoms. The normalized spacial score (nSPS) is 24.2. The second-order valence-corrected chi connectivity index (χ2v) is 18.3. The summed E-state index contributed by atoms with van der Waals surface area (Å²) in [6, 6.07) is 20.6. The number of hydrogen-bond donors (Lipinski definition) is 4. The fourth-order valence-electron chi connectivity index (χ4n) is 8.12. The number of rotatable bonds is 12.